The van der Waals surface area contributed by atoms with Gasteiger partial charge in [-0.15, -0.1) is 0 Å². The lowest BCUT2D eigenvalue weighted by atomic mass is 10.1. The van der Waals surface area contributed by atoms with E-state index in [0.717, 1.165) is 11.1 Å². The number of nitrogens with one attached hydrogen (secondary N) is 1. The Morgan fingerprint density at radius 1 is 1.21 bits per heavy atom. The van der Waals surface area contributed by atoms with Crippen molar-refractivity contribution in [2.24, 2.45) is 16.5 Å². The van der Waals surface area contributed by atoms with Gasteiger partial charge in [0.15, 0.2) is 5.83 Å². The van der Waals surface area contributed by atoms with Gasteiger partial charge in [0, 0.05) is 18.7 Å². The van der Waals surface area contributed by atoms with E-state index in [9.17, 15) is 4.39 Å². The normalized spacial score (nSPS) is 11.6. The Balaban J connectivity index is 2.56. The highest BCUT2D eigenvalue weighted by molar-refractivity contribution is 5.26. The van der Waals surface area contributed by atoms with Crippen molar-refractivity contribution < 1.29 is 4.39 Å². The molecule has 0 amide bonds. The van der Waals surface area contributed by atoms with Crippen molar-refractivity contribution in [1.29, 1.82) is 0 Å². The first-order valence-electron chi connectivity index (χ1n) is 5.84. The van der Waals surface area contributed by atoms with Crippen molar-refractivity contribution in [3.63, 3.8) is 0 Å². The molecule has 5 heteroatoms. The fraction of sp³-hybridized carbons (Fsp3) is 0.214. The van der Waals surface area contributed by atoms with E-state index in [1.54, 1.807) is 0 Å². The van der Waals surface area contributed by atoms with E-state index in [2.05, 4.69) is 23.6 Å². The topological polar surface area (TPSA) is 76.4 Å². The number of hydrogen-bond donors (Lipinski definition) is 3. The van der Waals surface area contributed by atoms with Gasteiger partial charge < -0.3 is 16.8 Å². The van der Waals surface area contributed by atoms with Crippen molar-refractivity contribution in [2.75, 3.05) is 6.54 Å². The molecule has 0 heterocycles. The van der Waals surface area contributed by atoms with Crippen LogP contribution in [0.2, 0.25) is 0 Å². The molecule has 19 heavy (non-hydrogen) atoms. The first-order chi connectivity index (χ1) is 9.02. The summed E-state index contributed by atoms with van der Waals surface area (Å²) in [6, 6.07) is 7.78. The van der Waals surface area contributed by atoms with E-state index in [-0.39, 0.29) is 12.4 Å². The number of benzene rings is 1. The minimum atomic E-state index is -0.508. The van der Waals surface area contributed by atoms with Crippen molar-refractivity contribution in [1.82, 2.24) is 5.32 Å². The number of halogens is 1. The Bertz CT molecular complexity index is 477. The third-order valence-electron chi connectivity index (χ3n) is 2.48. The molecule has 0 aromatic heterocycles. The molecule has 0 bridgehead atoms. The molecule has 0 unspecified atom stereocenters. The largest absolute Gasteiger partial charge is 0.402 e. The molecule has 0 aliphatic rings. The van der Waals surface area contributed by atoms with Gasteiger partial charge in [0.1, 0.15) is 5.82 Å². The number of rotatable bonds is 7. The van der Waals surface area contributed by atoms with Crippen LogP contribution in [0.5, 0.6) is 0 Å². The lowest BCUT2D eigenvalue weighted by Gasteiger charge is -2.08. The average Bonchev–Trinajstić information content (AvgIpc) is 2.37. The smallest absolute Gasteiger partial charge is 0.161 e. The zero-order chi connectivity index (χ0) is 14.3. The van der Waals surface area contributed by atoms with Gasteiger partial charge >= 0.3 is 0 Å². The summed E-state index contributed by atoms with van der Waals surface area (Å²) in [6.45, 7) is 7.20. The molecule has 1 rings (SSSR count). The third-order valence-corrected chi connectivity index (χ3v) is 2.48. The summed E-state index contributed by atoms with van der Waals surface area (Å²) < 4.78 is 13.2. The standard InChI is InChI=1S/C14H19FN4/c1-10(16)7-11-3-5-12(6-4-11)8-19-14(17)13(15)9-18-2/h3-6,19H,1-2,7-9,16-17H2/b14-13-. The molecule has 0 aliphatic carbocycles. The number of hydrogen-bond acceptors (Lipinski definition) is 4. The van der Waals surface area contributed by atoms with Crippen LogP contribution in [0.15, 0.2) is 53.2 Å². The van der Waals surface area contributed by atoms with Gasteiger partial charge in [-0.3, -0.25) is 4.99 Å². The van der Waals surface area contributed by atoms with Gasteiger partial charge in [-0.1, -0.05) is 30.8 Å². The zero-order valence-corrected chi connectivity index (χ0v) is 10.8. The highest BCUT2D eigenvalue weighted by atomic mass is 19.1. The maximum absolute atomic E-state index is 13.2. The minimum Gasteiger partial charge on any atom is -0.402 e. The molecule has 0 fully saturated rings. The summed E-state index contributed by atoms with van der Waals surface area (Å²) >= 11 is 0. The van der Waals surface area contributed by atoms with Crippen LogP contribution in [0, 0.1) is 0 Å². The molecular weight excluding hydrogens is 243 g/mol. The van der Waals surface area contributed by atoms with Gasteiger partial charge in [0.05, 0.1) is 6.54 Å². The molecule has 102 valence electrons. The zero-order valence-electron chi connectivity index (χ0n) is 10.8. The summed E-state index contributed by atoms with van der Waals surface area (Å²) in [5, 5.41) is 2.80. The molecule has 0 saturated carbocycles. The second-order valence-electron chi connectivity index (χ2n) is 4.21. The van der Waals surface area contributed by atoms with Crippen LogP contribution in [-0.4, -0.2) is 13.3 Å². The lowest BCUT2D eigenvalue weighted by Crippen LogP contribution is -2.21. The number of allylic oxidation sites excluding steroid dienone is 1. The molecule has 0 spiro atoms. The van der Waals surface area contributed by atoms with Gasteiger partial charge in [-0.05, 0) is 17.8 Å². The van der Waals surface area contributed by atoms with E-state index in [1.807, 2.05) is 24.3 Å². The number of nitrogens with two attached hydrogens (primary N) is 2. The van der Waals surface area contributed by atoms with Crippen LogP contribution >= 0.6 is 0 Å². The molecule has 0 aliphatic heterocycles. The summed E-state index contributed by atoms with van der Waals surface area (Å²) in [4.78, 5) is 3.43. The first kappa shape index (κ1) is 14.8. The van der Waals surface area contributed by atoms with Crippen molar-refractivity contribution in [3.05, 3.63) is 59.3 Å². The predicted octanol–water partition coefficient (Wildman–Crippen LogP) is 1.59. The maximum atomic E-state index is 13.2. The average molecular weight is 262 g/mol. The molecule has 1 aromatic carbocycles. The van der Waals surface area contributed by atoms with Gasteiger partial charge in [0.25, 0.3) is 0 Å². The summed E-state index contributed by atoms with van der Waals surface area (Å²) in [5.41, 5.74) is 13.8. The molecule has 0 atom stereocenters. The third kappa shape index (κ3) is 5.25. The van der Waals surface area contributed by atoms with Crippen molar-refractivity contribution in [3.8, 4) is 0 Å². The lowest BCUT2D eigenvalue weighted by molar-refractivity contribution is 0.583. The van der Waals surface area contributed by atoms with Crippen LogP contribution in [0.4, 0.5) is 4.39 Å². The van der Waals surface area contributed by atoms with Crippen molar-refractivity contribution >= 4 is 6.72 Å². The number of aliphatic imine (C=N–C) groups is 1. The summed E-state index contributed by atoms with van der Waals surface area (Å²) in [6.07, 6.45) is 0.648. The highest BCUT2D eigenvalue weighted by Crippen LogP contribution is 2.07. The monoisotopic (exact) mass is 262 g/mol. The second-order valence-corrected chi connectivity index (χ2v) is 4.21. The SMILES string of the molecule is C=NC/C(F)=C(\N)NCc1ccc(CC(=C)N)cc1. The Kier molecular flexibility index (Phi) is 5.60. The van der Waals surface area contributed by atoms with Crippen molar-refractivity contribution in [2.45, 2.75) is 13.0 Å². The summed E-state index contributed by atoms with van der Waals surface area (Å²) in [5.74, 6) is -0.516. The summed E-state index contributed by atoms with van der Waals surface area (Å²) in [7, 11) is 0. The molecule has 5 N–H and O–H groups in total. The van der Waals surface area contributed by atoms with E-state index in [4.69, 9.17) is 11.5 Å². The molecule has 0 radical (unpaired) electrons. The van der Waals surface area contributed by atoms with Crippen LogP contribution in [0.25, 0.3) is 0 Å². The minimum absolute atomic E-state index is 0.00758. The Morgan fingerprint density at radius 2 is 1.79 bits per heavy atom. The van der Waals surface area contributed by atoms with E-state index < -0.39 is 5.83 Å². The highest BCUT2D eigenvalue weighted by Gasteiger charge is 2.01. The van der Waals surface area contributed by atoms with Crippen LogP contribution < -0.4 is 16.8 Å². The molecular formula is C14H19FN4. The van der Waals surface area contributed by atoms with Gasteiger partial charge in [0.2, 0.25) is 0 Å². The predicted molar refractivity (Wildman–Crippen MR) is 77.1 cm³/mol. The van der Waals surface area contributed by atoms with Gasteiger partial charge in [-0.25, -0.2) is 4.39 Å². The Morgan fingerprint density at radius 3 is 2.32 bits per heavy atom. The molecule has 0 saturated heterocycles. The fourth-order valence-electron chi connectivity index (χ4n) is 1.51. The van der Waals surface area contributed by atoms with E-state index in [0.29, 0.717) is 18.7 Å². The van der Waals surface area contributed by atoms with Gasteiger partial charge in [-0.2, -0.15) is 0 Å². The quantitative estimate of drug-likeness (QED) is 0.653. The first-order valence-corrected chi connectivity index (χ1v) is 5.84. The van der Waals surface area contributed by atoms with E-state index in [1.165, 1.54) is 0 Å². The van der Waals surface area contributed by atoms with Crippen LogP contribution in [-0.2, 0) is 13.0 Å². The number of nitrogens with zero attached hydrogens (tertiary/aromatic N) is 1. The van der Waals surface area contributed by atoms with E-state index >= 15 is 0 Å². The maximum Gasteiger partial charge on any atom is 0.161 e. The Labute approximate surface area is 112 Å². The van der Waals surface area contributed by atoms with Crippen LogP contribution in [0.1, 0.15) is 11.1 Å². The Hall–Kier alpha value is -2.30. The molecule has 1 aromatic rings. The second kappa shape index (κ2) is 7.20. The molecule has 4 nitrogen and oxygen atoms in total. The fourth-order valence-corrected chi connectivity index (χ4v) is 1.51. The van der Waals surface area contributed by atoms with Crippen LogP contribution in [0.3, 0.4) is 0 Å².